The van der Waals surface area contributed by atoms with Crippen LogP contribution in [-0.4, -0.2) is 34.6 Å². The van der Waals surface area contributed by atoms with Crippen LogP contribution in [0.4, 0.5) is 20.2 Å². The van der Waals surface area contributed by atoms with Gasteiger partial charge in [0.05, 0.1) is 0 Å². The third-order valence-electron chi connectivity index (χ3n) is 4.31. The molecule has 1 atom stereocenters. The van der Waals surface area contributed by atoms with Crippen LogP contribution in [0.1, 0.15) is 0 Å². The number of rotatable bonds is 6. The molecule has 166 valence electrons. The van der Waals surface area contributed by atoms with E-state index < -0.39 is 22.6 Å². The van der Waals surface area contributed by atoms with Crippen molar-refractivity contribution in [2.45, 2.75) is 0 Å². The van der Waals surface area contributed by atoms with E-state index >= 15 is 0 Å². The molecule has 31 heavy (non-hydrogen) atoms. The molecule has 0 aliphatic heterocycles. The zero-order chi connectivity index (χ0) is 22.0. The smallest absolute Gasteiger partial charge is 0.273 e. The summed E-state index contributed by atoms with van der Waals surface area (Å²) in [5.74, 6) is -1.41. The third-order valence-corrected chi connectivity index (χ3v) is 4.84. The molecular weight excluding hydrogens is 428 g/mol. The van der Waals surface area contributed by atoms with Crippen LogP contribution in [0.25, 0.3) is 11.1 Å². The molecule has 1 heterocycles. The Balaban J connectivity index is 0.00000341. The minimum absolute atomic E-state index is 0. The largest absolute Gasteiger partial charge is 0.454 e. The summed E-state index contributed by atoms with van der Waals surface area (Å²) in [6, 6.07) is 9.65. The minimum atomic E-state index is -1.31. The van der Waals surface area contributed by atoms with E-state index in [0.29, 0.717) is 22.5 Å². The molecule has 1 aromatic heterocycles. The number of anilines is 2. The Bertz CT molecular complexity index is 1180. The summed E-state index contributed by atoms with van der Waals surface area (Å²) in [6.07, 6.45) is 3.12. The monoisotopic (exact) mass is 451 g/mol. The van der Waals surface area contributed by atoms with Crippen LogP contribution in [0.5, 0.6) is 11.5 Å². The fraction of sp³-hybridized carbons (Fsp3) is 0.190. The van der Waals surface area contributed by atoms with Gasteiger partial charge in [-0.3, -0.25) is 4.79 Å². The predicted molar refractivity (Wildman–Crippen MR) is 119 cm³/mol. The van der Waals surface area contributed by atoms with Gasteiger partial charge in [0.1, 0.15) is 28.2 Å². The molecular formula is C21H23F2N3O4S. The lowest BCUT2D eigenvalue weighted by atomic mass is 10.0. The molecule has 0 amide bonds. The maximum absolute atomic E-state index is 14.1. The molecule has 10 heteroatoms. The summed E-state index contributed by atoms with van der Waals surface area (Å²) in [6.45, 7) is 0. The number of aromatic nitrogens is 1. The van der Waals surface area contributed by atoms with E-state index in [0.717, 1.165) is 12.1 Å². The highest BCUT2D eigenvalue weighted by Crippen LogP contribution is 2.37. The average molecular weight is 451 g/mol. The van der Waals surface area contributed by atoms with Gasteiger partial charge >= 0.3 is 0 Å². The molecule has 3 aromatic rings. The topological polar surface area (TPSA) is 95.1 Å². The molecule has 0 spiro atoms. The number of nitrogens with zero attached hydrogens (tertiary/aromatic N) is 2. The van der Waals surface area contributed by atoms with Gasteiger partial charge in [-0.2, -0.15) is 0 Å². The summed E-state index contributed by atoms with van der Waals surface area (Å²) < 4.78 is 48.9. The van der Waals surface area contributed by atoms with Gasteiger partial charge < -0.3 is 24.4 Å². The SMILES string of the molecule is CN(C)c1cc(-c2cc(NS(C)=O)ccc2Oc2ccc(F)cc2F)cn(C)c1=O.O. The number of ether oxygens (including phenoxy) is 1. The Morgan fingerprint density at radius 1 is 1.06 bits per heavy atom. The Hall–Kier alpha value is -3.24. The Morgan fingerprint density at radius 2 is 1.74 bits per heavy atom. The summed E-state index contributed by atoms with van der Waals surface area (Å²) >= 11 is 0. The first-order chi connectivity index (χ1) is 14.2. The second-order valence-electron chi connectivity index (χ2n) is 6.87. The number of hydrogen-bond acceptors (Lipinski definition) is 4. The summed E-state index contributed by atoms with van der Waals surface area (Å²) in [5.41, 5.74) is 1.99. The van der Waals surface area contributed by atoms with Gasteiger partial charge in [-0.1, -0.05) is 0 Å². The van der Waals surface area contributed by atoms with Gasteiger partial charge in [0.2, 0.25) is 0 Å². The fourth-order valence-electron chi connectivity index (χ4n) is 2.91. The van der Waals surface area contributed by atoms with Gasteiger partial charge in [0.25, 0.3) is 5.56 Å². The molecule has 0 saturated heterocycles. The van der Waals surface area contributed by atoms with Gasteiger partial charge in [-0.15, -0.1) is 0 Å². The highest BCUT2D eigenvalue weighted by Gasteiger charge is 2.15. The number of nitrogens with one attached hydrogen (secondary N) is 1. The number of pyridine rings is 1. The van der Waals surface area contributed by atoms with Crippen molar-refractivity contribution in [2.24, 2.45) is 7.05 Å². The van der Waals surface area contributed by atoms with Crippen molar-refractivity contribution >= 4 is 22.4 Å². The van der Waals surface area contributed by atoms with Crippen LogP contribution >= 0.6 is 0 Å². The van der Waals surface area contributed by atoms with Crippen molar-refractivity contribution in [3.63, 3.8) is 0 Å². The van der Waals surface area contributed by atoms with Crippen LogP contribution in [0.2, 0.25) is 0 Å². The van der Waals surface area contributed by atoms with Crippen molar-refractivity contribution in [2.75, 3.05) is 30.0 Å². The number of hydrogen-bond donors (Lipinski definition) is 1. The standard InChI is InChI=1S/C21H21F2N3O3S.H2O/c1-25(2)18-9-13(12-26(3)21(18)27)16-11-15(24-30(4)28)6-8-19(16)29-20-7-5-14(22)10-17(20)23;/h5-12,24H,1-4H3;1H2. The van der Waals surface area contributed by atoms with Gasteiger partial charge in [0, 0.05) is 56.5 Å². The molecule has 7 nitrogen and oxygen atoms in total. The highest BCUT2D eigenvalue weighted by molar-refractivity contribution is 7.85. The third kappa shape index (κ3) is 5.47. The lowest BCUT2D eigenvalue weighted by Gasteiger charge is -2.18. The second kappa shape index (κ2) is 9.71. The summed E-state index contributed by atoms with van der Waals surface area (Å²) in [5, 5.41) is 0. The average Bonchev–Trinajstić information content (AvgIpc) is 2.66. The quantitative estimate of drug-likeness (QED) is 0.623. The Kier molecular flexibility index (Phi) is 7.53. The number of halogens is 2. The van der Waals surface area contributed by atoms with E-state index in [4.69, 9.17) is 4.74 Å². The van der Waals surface area contributed by atoms with Crippen LogP contribution in [0, 0.1) is 11.6 Å². The number of aryl methyl sites for hydroxylation is 1. The van der Waals surface area contributed by atoms with Gasteiger partial charge in [-0.25, -0.2) is 13.0 Å². The first-order valence-electron chi connectivity index (χ1n) is 8.91. The van der Waals surface area contributed by atoms with Crippen molar-refractivity contribution in [1.82, 2.24) is 4.57 Å². The molecule has 0 saturated carbocycles. The van der Waals surface area contributed by atoms with Gasteiger partial charge in [-0.05, 0) is 36.4 Å². The van der Waals surface area contributed by atoms with Crippen molar-refractivity contribution in [1.29, 1.82) is 0 Å². The number of benzene rings is 2. The lowest BCUT2D eigenvalue weighted by molar-refractivity contribution is 0.439. The minimum Gasteiger partial charge on any atom is -0.454 e. The van der Waals surface area contributed by atoms with Crippen LogP contribution in [0.3, 0.4) is 0 Å². The molecule has 1 unspecified atom stereocenters. The predicted octanol–water partition coefficient (Wildman–Crippen LogP) is 3.07. The molecule has 2 aromatic carbocycles. The molecule has 0 bridgehead atoms. The highest BCUT2D eigenvalue weighted by atomic mass is 32.2. The first-order valence-corrected chi connectivity index (χ1v) is 10.5. The molecule has 0 aliphatic carbocycles. The van der Waals surface area contributed by atoms with Gasteiger partial charge in [0.15, 0.2) is 11.6 Å². The molecule has 0 aliphatic rings. The first kappa shape index (κ1) is 24.0. The molecule has 3 N–H and O–H groups in total. The summed E-state index contributed by atoms with van der Waals surface area (Å²) in [4.78, 5) is 14.1. The molecule has 0 fully saturated rings. The fourth-order valence-corrected chi connectivity index (χ4v) is 3.37. The summed E-state index contributed by atoms with van der Waals surface area (Å²) in [7, 11) is 3.83. The Labute approximate surface area is 180 Å². The zero-order valence-corrected chi connectivity index (χ0v) is 18.2. The van der Waals surface area contributed by atoms with E-state index in [1.807, 2.05) is 0 Å². The van der Waals surface area contributed by atoms with Crippen molar-refractivity contribution in [3.8, 4) is 22.6 Å². The van der Waals surface area contributed by atoms with Crippen LogP contribution in [-0.2, 0) is 18.0 Å². The van der Waals surface area contributed by atoms with Crippen molar-refractivity contribution < 1.29 is 23.2 Å². The van der Waals surface area contributed by atoms with E-state index in [-0.39, 0.29) is 22.5 Å². The van der Waals surface area contributed by atoms with E-state index in [1.165, 1.54) is 16.9 Å². The molecule has 3 rings (SSSR count). The van der Waals surface area contributed by atoms with Crippen LogP contribution < -0.4 is 19.9 Å². The Morgan fingerprint density at radius 3 is 2.35 bits per heavy atom. The zero-order valence-electron chi connectivity index (χ0n) is 17.4. The van der Waals surface area contributed by atoms with Crippen molar-refractivity contribution in [3.05, 3.63) is 70.6 Å². The second-order valence-corrected chi connectivity index (χ2v) is 7.98. The lowest BCUT2D eigenvalue weighted by Crippen LogP contribution is -2.25. The maximum atomic E-state index is 14.1. The van der Waals surface area contributed by atoms with E-state index in [2.05, 4.69) is 4.72 Å². The maximum Gasteiger partial charge on any atom is 0.273 e. The van der Waals surface area contributed by atoms with E-state index in [9.17, 15) is 17.8 Å². The van der Waals surface area contributed by atoms with Crippen LogP contribution in [0.15, 0.2) is 53.5 Å². The van der Waals surface area contributed by atoms with E-state index in [1.54, 1.807) is 56.5 Å². The normalized spacial score (nSPS) is 11.4. The molecule has 0 radical (unpaired) electrons.